The summed E-state index contributed by atoms with van der Waals surface area (Å²) in [7, 11) is 0. The van der Waals surface area contributed by atoms with Gasteiger partial charge in [0.25, 0.3) is 5.91 Å². The van der Waals surface area contributed by atoms with Crippen molar-refractivity contribution in [1.82, 2.24) is 5.32 Å². The number of carboxylic acids is 2. The van der Waals surface area contributed by atoms with Gasteiger partial charge < -0.3 is 31.5 Å². The van der Waals surface area contributed by atoms with Crippen LogP contribution in [0, 0.1) is 0 Å². The largest absolute Gasteiger partial charge is 0.508 e. The summed E-state index contributed by atoms with van der Waals surface area (Å²) in [6.07, 6.45) is -0.442. The maximum absolute atomic E-state index is 12.7. The van der Waals surface area contributed by atoms with Crippen molar-refractivity contribution in [3.63, 3.8) is 0 Å². The number of aromatic hydroxyl groups is 2. The van der Waals surface area contributed by atoms with E-state index < -0.39 is 48.1 Å². The number of carbonyl (C=O) groups excluding carboxylic acids is 2. The molecule has 11 nitrogen and oxygen atoms in total. The molecule has 2 unspecified atom stereocenters. The molecule has 2 amide bonds. The van der Waals surface area contributed by atoms with E-state index in [2.05, 4.69) is 17.9 Å². The fraction of sp³-hybridized carbons (Fsp3) is 0.375. The highest BCUT2D eigenvalue weighted by atomic mass is 32.1. The van der Waals surface area contributed by atoms with E-state index in [4.69, 9.17) is 15.9 Å². The van der Waals surface area contributed by atoms with Crippen molar-refractivity contribution >= 4 is 42.1 Å². The van der Waals surface area contributed by atoms with Crippen LogP contribution >= 0.6 is 12.6 Å². The van der Waals surface area contributed by atoms with Gasteiger partial charge >= 0.3 is 11.9 Å². The number of nitrogens with one attached hydrogen (secondary N) is 1. The van der Waals surface area contributed by atoms with Gasteiger partial charge in [0.1, 0.15) is 30.1 Å². The lowest BCUT2D eigenvalue weighted by molar-refractivity contribution is -0.139. The Hall–Kier alpha value is -2.99. The lowest BCUT2D eigenvalue weighted by Gasteiger charge is -2.26. The Balaban J connectivity index is 2.98. The van der Waals surface area contributed by atoms with Crippen molar-refractivity contribution in [2.24, 2.45) is 5.73 Å². The zero-order chi connectivity index (χ0) is 21.4. The standard InChI is InChI=1S/C16H21N3O8S/c17-9(16(26)27)2-4-13(22)18-10(7-28)15(25)19(6-14(23)24)11-5-8(20)1-3-12(11)21/h1,3,5,9-10,20-21,28H,2,4,6-7,17H2,(H,18,22)(H,23,24)(H,26,27). The summed E-state index contributed by atoms with van der Waals surface area (Å²) >= 11 is 3.97. The average molecular weight is 415 g/mol. The summed E-state index contributed by atoms with van der Waals surface area (Å²) in [5.74, 6) is -5.22. The molecule has 0 heterocycles. The fourth-order valence-electron chi connectivity index (χ4n) is 2.20. The average Bonchev–Trinajstić information content (AvgIpc) is 2.63. The second-order valence-corrected chi connectivity index (χ2v) is 6.14. The highest BCUT2D eigenvalue weighted by molar-refractivity contribution is 7.80. The van der Waals surface area contributed by atoms with Crippen molar-refractivity contribution in [1.29, 1.82) is 0 Å². The molecule has 0 spiro atoms. The topological polar surface area (TPSA) is 190 Å². The second kappa shape index (κ2) is 10.4. The van der Waals surface area contributed by atoms with Crippen LogP contribution in [0.25, 0.3) is 0 Å². The Morgan fingerprint density at radius 3 is 2.36 bits per heavy atom. The van der Waals surface area contributed by atoms with E-state index in [0.717, 1.165) is 18.2 Å². The van der Waals surface area contributed by atoms with Gasteiger partial charge in [0, 0.05) is 18.2 Å². The van der Waals surface area contributed by atoms with E-state index in [1.807, 2.05) is 0 Å². The van der Waals surface area contributed by atoms with E-state index in [0.29, 0.717) is 4.90 Å². The Labute approximate surface area is 165 Å². The number of carbonyl (C=O) groups is 4. The molecule has 0 aliphatic rings. The molecule has 0 aliphatic carbocycles. The number of nitrogens with two attached hydrogens (primary N) is 1. The van der Waals surface area contributed by atoms with Gasteiger partial charge in [0.05, 0.1) is 5.69 Å². The van der Waals surface area contributed by atoms with Gasteiger partial charge in [-0.2, -0.15) is 12.6 Å². The van der Waals surface area contributed by atoms with Crippen molar-refractivity contribution in [3.8, 4) is 11.5 Å². The molecule has 12 heteroatoms. The Morgan fingerprint density at radius 1 is 1.18 bits per heavy atom. The number of phenolic OH excluding ortho intramolecular Hbond substituents is 2. The van der Waals surface area contributed by atoms with Crippen molar-refractivity contribution < 1.29 is 39.6 Å². The first-order chi connectivity index (χ1) is 13.1. The number of thiol groups is 1. The molecule has 1 aromatic carbocycles. The summed E-state index contributed by atoms with van der Waals surface area (Å²) in [4.78, 5) is 47.2. The van der Waals surface area contributed by atoms with Crippen LogP contribution in [-0.2, 0) is 19.2 Å². The first kappa shape index (κ1) is 23.0. The van der Waals surface area contributed by atoms with Gasteiger partial charge in [-0.25, -0.2) is 0 Å². The molecular weight excluding hydrogens is 394 g/mol. The van der Waals surface area contributed by atoms with Gasteiger partial charge in [-0.3, -0.25) is 24.1 Å². The molecule has 0 aliphatic heterocycles. The van der Waals surface area contributed by atoms with E-state index in [1.54, 1.807) is 0 Å². The predicted molar refractivity (Wildman–Crippen MR) is 100 cm³/mol. The number of nitrogens with zero attached hydrogens (tertiary/aromatic N) is 1. The molecule has 0 saturated heterocycles. The van der Waals surface area contributed by atoms with Crippen LogP contribution in [0.2, 0.25) is 0 Å². The van der Waals surface area contributed by atoms with Crippen LogP contribution in [-0.4, -0.2) is 68.6 Å². The second-order valence-electron chi connectivity index (χ2n) is 5.78. The summed E-state index contributed by atoms with van der Waals surface area (Å²) in [5.41, 5.74) is 5.05. The Bertz CT molecular complexity index is 757. The molecule has 0 fully saturated rings. The summed E-state index contributed by atoms with van der Waals surface area (Å²) < 4.78 is 0. The van der Waals surface area contributed by atoms with Crippen LogP contribution < -0.4 is 16.0 Å². The number of amides is 2. The van der Waals surface area contributed by atoms with Crippen molar-refractivity contribution in [3.05, 3.63) is 18.2 Å². The molecule has 0 saturated carbocycles. The van der Waals surface area contributed by atoms with Gasteiger partial charge in [0.15, 0.2) is 0 Å². The number of anilines is 1. The minimum atomic E-state index is -1.40. The minimum absolute atomic E-state index is 0.166. The molecule has 154 valence electrons. The lowest BCUT2D eigenvalue weighted by Crippen LogP contribution is -2.51. The van der Waals surface area contributed by atoms with Crippen molar-refractivity contribution in [2.45, 2.75) is 24.9 Å². The zero-order valence-electron chi connectivity index (χ0n) is 14.6. The third kappa shape index (κ3) is 6.63. The van der Waals surface area contributed by atoms with Gasteiger partial charge in [0.2, 0.25) is 5.91 Å². The molecule has 0 bridgehead atoms. The maximum Gasteiger partial charge on any atom is 0.323 e. The van der Waals surface area contributed by atoms with Gasteiger partial charge in [-0.15, -0.1) is 0 Å². The minimum Gasteiger partial charge on any atom is -0.508 e. The smallest absolute Gasteiger partial charge is 0.323 e. The Kier molecular flexibility index (Phi) is 8.54. The fourth-order valence-corrected chi connectivity index (χ4v) is 2.44. The molecule has 1 aromatic rings. The monoisotopic (exact) mass is 415 g/mol. The van der Waals surface area contributed by atoms with E-state index in [-0.39, 0.29) is 30.0 Å². The number of benzene rings is 1. The molecule has 7 N–H and O–H groups in total. The quantitative estimate of drug-likeness (QED) is 0.188. The summed E-state index contributed by atoms with van der Waals surface area (Å²) in [6.45, 7) is -0.847. The van der Waals surface area contributed by atoms with Crippen LogP contribution in [0.1, 0.15) is 12.8 Å². The third-order valence-electron chi connectivity index (χ3n) is 3.62. The highest BCUT2D eigenvalue weighted by Gasteiger charge is 2.29. The van der Waals surface area contributed by atoms with Crippen LogP contribution in [0.15, 0.2) is 18.2 Å². The summed E-state index contributed by atoms with van der Waals surface area (Å²) in [5, 5.41) is 39.6. The zero-order valence-corrected chi connectivity index (χ0v) is 15.5. The SMILES string of the molecule is NC(CCC(=O)NC(CS)C(=O)N(CC(=O)O)c1cc(O)ccc1O)C(=O)O. The predicted octanol–water partition coefficient (Wildman–Crippen LogP) is -0.878. The highest BCUT2D eigenvalue weighted by Crippen LogP contribution is 2.31. The van der Waals surface area contributed by atoms with E-state index >= 15 is 0 Å². The van der Waals surface area contributed by atoms with Crippen LogP contribution in [0.3, 0.4) is 0 Å². The van der Waals surface area contributed by atoms with Gasteiger partial charge in [-0.1, -0.05) is 0 Å². The third-order valence-corrected chi connectivity index (χ3v) is 3.99. The molecule has 2 atom stereocenters. The van der Waals surface area contributed by atoms with Gasteiger partial charge in [-0.05, 0) is 18.6 Å². The number of hydrogen-bond donors (Lipinski definition) is 7. The van der Waals surface area contributed by atoms with E-state index in [9.17, 15) is 29.4 Å². The maximum atomic E-state index is 12.7. The van der Waals surface area contributed by atoms with Crippen molar-refractivity contribution in [2.75, 3.05) is 17.2 Å². The normalized spacial score (nSPS) is 12.6. The lowest BCUT2D eigenvalue weighted by atomic mass is 10.1. The summed E-state index contributed by atoms with van der Waals surface area (Å²) in [6, 6.07) is 0.709. The van der Waals surface area contributed by atoms with Crippen LogP contribution in [0.5, 0.6) is 11.5 Å². The Morgan fingerprint density at radius 2 is 1.82 bits per heavy atom. The molecule has 0 radical (unpaired) electrons. The molecule has 1 rings (SSSR count). The number of rotatable bonds is 10. The first-order valence-electron chi connectivity index (χ1n) is 8.00. The molecule has 0 aromatic heterocycles. The van der Waals surface area contributed by atoms with E-state index in [1.165, 1.54) is 0 Å². The number of aliphatic carboxylic acids is 2. The molecular formula is C16H21N3O8S. The first-order valence-corrected chi connectivity index (χ1v) is 8.63. The number of hydrogen-bond acceptors (Lipinski definition) is 8. The number of carboxylic acid groups (broad SMARTS) is 2. The van der Waals surface area contributed by atoms with Crippen LogP contribution in [0.4, 0.5) is 5.69 Å². The molecule has 28 heavy (non-hydrogen) atoms. The number of phenols is 2.